The van der Waals surface area contributed by atoms with Gasteiger partial charge in [-0.3, -0.25) is 0 Å². The van der Waals surface area contributed by atoms with Crippen LogP contribution >= 0.6 is 0 Å². The lowest BCUT2D eigenvalue weighted by atomic mass is 10.1. The first kappa shape index (κ1) is 19.7. The SMILES string of the molecule is [CH2]CCCCCCCC/C=C/CCCCCCCC[CH2]. The minimum atomic E-state index is 1.11. The van der Waals surface area contributed by atoms with Gasteiger partial charge in [0.25, 0.3) is 0 Å². The van der Waals surface area contributed by atoms with Gasteiger partial charge in [-0.05, 0) is 25.7 Å². The maximum atomic E-state index is 3.88. The quantitative estimate of drug-likeness (QED) is 0.203. The Hall–Kier alpha value is -0.260. The molecule has 118 valence electrons. The minimum absolute atomic E-state index is 1.11. The molecule has 0 rings (SSSR count). The second-order valence-electron chi connectivity index (χ2n) is 6.00. The normalized spacial score (nSPS) is 11.5. The van der Waals surface area contributed by atoms with E-state index in [-0.39, 0.29) is 0 Å². The molecule has 0 heteroatoms. The molecule has 0 atom stereocenters. The summed E-state index contributed by atoms with van der Waals surface area (Å²) in [5.74, 6) is 0. The predicted molar refractivity (Wildman–Crippen MR) is 93.7 cm³/mol. The van der Waals surface area contributed by atoms with E-state index in [0.29, 0.717) is 0 Å². The van der Waals surface area contributed by atoms with Crippen LogP contribution in [0.4, 0.5) is 0 Å². The summed E-state index contributed by atoms with van der Waals surface area (Å²) in [4.78, 5) is 0. The maximum Gasteiger partial charge on any atom is -0.0351 e. The molecule has 0 saturated carbocycles. The van der Waals surface area contributed by atoms with Crippen molar-refractivity contribution in [3.63, 3.8) is 0 Å². The molecule has 0 aliphatic heterocycles. The number of hydrogen-bond donors (Lipinski definition) is 0. The molecular weight excluding hydrogens is 240 g/mol. The van der Waals surface area contributed by atoms with Crippen molar-refractivity contribution in [3.05, 3.63) is 26.0 Å². The molecule has 0 fully saturated rings. The van der Waals surface area contributed by atoms with E-state index < -0.39 is 0 Å². The van der Waals surface area contributed by atoms with Crippen LogP contribution in [0.5, 0.6) is 0 Å². The summed E-state index contributed by atoms with van der Waals surface area (Å²) >= 11 is 0. The molecule has 0 amide bonds. The number of rotatable bonds is 16. The van der Waals surface area contributed by atoms with Gasteiger partial charge in [0.15, 0.2) is 0 Å². The summed E-state index contributed by atoms with van der Waals surface area (Å²) in [5, 5.41) is 0. The topological polar surface area (TPSA) is 0 Å². The van der Waals surface area contributed by atoms with Crippen LogP contribution < -0.4 is 0 Å². The summed E-state index contributed by atoms with van der Waals surface area (Å²) in [6.07, 6.45) is 26.2. The van der Waals surface area contributed by atoms with E-state index in [2.05, 4.69) is 26.0 Å². The third kappa shape index (κ3) is 17.7. The van der Waals surface area contributed by atoms with Crippen LogP contribution in [0.3, 0.4) is 0 Å². The van der Waals surface area contributed by atoms with Gasteiger partial charge >= 0.3 is 0 Å². The van der Waals surface area contributed by atoms with Crippen LogP contribution in [0, 0.1) is 13.8 Å². The highest BCUT2D eigenvalue weighted by Gasteiger charge is 1.90. The standard InChI is InChI=1S/C20H38/c1-3-5-7-9-11-13-15-17-19-20-18-16-14-12-10-8-6-4-2/h19-20H,1-18H2/b20-19+. The van der Waals surface area contributed by atoms with E-state index in [1.807, 2.05) is 0 Å². The summed E-state index contributed by atoms with van der Waals surface area (Å²) in [6.45, 7) is 7.76. The predicted octanol–water partition coefficient (Wildman–Crippen LogP) is 7.45. The van der Waals surface area contributed by atoms with Gasteiger partial charge in [-0.15, -0.1) is 0 Å². The third-order valence-electron chi connectivity index (χ3n) is 3.91. The maximum absolute atomic E-state index is 3.88. The van der Waals surface area contributed by atoms with Crippen LogP contribution in [0.15, 0.2) is 12.2 Å². The lowest BCUT2D eigenvalue weighted by molar-refractivity contribution is 0.595. The second-order valence-corrected chi connectivity index (χ2v) is 6.00. The van der Waals surface area contributed by atoms with E-state index >= 15 is 0 Å². The van der Waals surface area contributed by atoms with Crippen molar-refractivity contribution < 1.29 is 0 Å². The van der Waals surface area contributed by atoms with Crippen molar-refractivity contribution in [1.82, 2.24) is 0 Å². The molecule has 0 bridgehead atoms. The van der Waals surface area contributed by atoms with Gasteiger partial charge < -0.3 is 0 Å². The van der Waals surface area contributed by atoms with E-state index in [9.17, 15) is 0 Å². The molecule has 20 heavy (non-hydrogen) atoms. The van der Waals surface area contributed by atoms with Gasteiger partial charge in [0.05, 0.1) is 0 Å². The molecule has 0 aromatic carbocycles. The lowest BCUT2D eigenvalue weighted by Crippen LogP contribution is -1.80. The molecule has 2 radical (unpaired) electrons. The first-order valence-corrected chi connectivity index (χ1v) is 9.15. The lowest BCUT2D eigenvalue weighted by Gasteiger charge is -1.99. The first-order valence-electron chi connectivity index (χ1n) is 9.15. The Morgan fingerprint density at radius 1 is 0.400 bits per heavy atom. The van der Waals surface area contributed by atoms with E-state index in [4.69, 9.17) is 0 Å². The van der Waals surface area contributed by atoms with Crippen molar-refractivity contribution in [2.75, 3.05) is 0 Å². The molecule has 0 unspecified atom stereocenters. The summed E-state index contributed by atoms with van der Waals surface area (Å²) in [7, 11) is 0. The van der Waals surface area contributed by atoms with Gasteiger partial charge in [0.1, 0.15) is 0 Å². The van der Waals surface area contributed by atoms with Crippen LogP contribution in [-0.4, -0.2) is 0 Å². The highest BCUT2D eigenvalue weighted by molar-refractivity contribution is 4.81. The Bertz CT molecular complexity index is 160. The summed E-state index contributed by atoms with van der Waals surface area (Å²) in [6, 6.07) is 0. The average molecular weight is 279 g/mol. The number of unbranched alkanes of at least 4 members (excludes halogenated alkanes) is 14. The third-order valence-corrected chi connectivity index (χ3v) is 3.91. The fourth-order valence-electron chi connectivity index (χ4n) is 2.53. The van der Waals surface area contributed by atoms with Gasteiger partial charge in [0, 0.05) is 0 Å². The highest BCUT2D eigenvalue weighted by Crippen LogP contribution is 2.10. The van der Waals surface area contributed by atoms with Crippen molar-refractivity contribution in [3.8, 4) is 0 Å². The Kier molecular flexibility index (Phi) is 18.5. The number of hydrogen-bond acceptors (Lipinski definition) is 0. The van der Waals surface area contributed by atoms with E-state index in [1.54, 1.807) is 0 Å². The van der Waals surface area contributed by atoms with E-state index in [1.165, 1.54) is 89.9 Å². The Labute approximate surface area is 129 Å². The monoisotopic (exact) mass is 278 g/mol. The molecule has 0 aromatic rings. The summed E-state index contributed by atoms with van der Waals surface area (Å²) < 4.78 is 0. The van der Waals surface area contributed by atoms with Crippen LogP contribution in [-0.2, 0) is 0 Å². The van der Waals surface area contributed by atoms with Crippen LogP contribution in [0.25, 0.3) is 0 Å². The second kappa shape index (κ2) is 18.7. The fourth-order valence-corrected chi connectivity index (χ4v) is 2.53. The molecule has 0 saturated heterocycles. The zero-order valence-electron chi connectivity index (χ0n) is 13.9. The molecular formula is C20H38. The number of allylic oxidation sites excluding steroid dienone is 2. The van der Waals surface area contributed by atoms with Crippen molar-refractivity contribution in [2.24, 2.45) is 0 Å². The summed E-state index contributed by atoms with van der Waals surface area (Å²) in [5.41, 5.74) is 0. The molecule has 0 nitrogen and oxygen atoms in total. The molecule has 0 aliphatic carbocycles. The van der Waals surface area contributed by atoms with Crippen molar-refractivity contribution in [1.29, 1.82) is 0 Å². The first-order chi connectivity index (χ1) is 9.91. The zero-order chi connectivity index (χ0) is 14.7. The van der Waals surface area contributed by atoms with Gasteiger partial charge in [-0.25, -0.2) is 0 Å². The van der Waals surface area contributed by atoms with Crippen LogP contribution in [0.1, 0.15) is 103 Å². The zero-order valence-corrected chi connectivity index (χ0v) is 13.9. The Morgan fingerprint density at radius 3 is 1.05 bits per heavy atom. The van der Waals surface area contributed by atoms with Gasteiger partial charge in [0.2, 0.25) is 0 Å². The van der Waals surface area contributed by atoms with Crippen molar-refractivity contribution in [2.45, 2.75) is 103 Å². The molecule has 0 spiro atoms. The molecule has 0 heterocycles. The molecule has 0 aromatic heterocycles. The van der Waals surface area contributed by atoms with Gasteiger partial charge in [-0.1, -0.05) is 103 Å². The van der Waals surface area contributed by atoms with Crippen LogP contribution in [0.2, 0.25) is 0 Å². The highest BCUT2D eigenvalue weighted by atomic mass is 14.0. The molecule has 0 aliphatic rings. The fraction of sp³-hybridized carbons (Fsp3) is 0.800. The largest absolute Gasteiger partial charge is 0.0885 e. The van der Waals surface area contributed by atoms with Crippen molar-refractivity contribution >= 4 is 0 Å². The van der Waals surface area contributed by atoms with Gasteiger partial charge in [-0.2, -0.15) is 0 Å². The Morgan fingerprint density at radius 2 is 0.700 bits per heavy atom. The smallest absolute Gasteiger partial charge is 0.0351 e. The minimum Gasteiger partial charge on any atom is -0.0885 e. The Balaban J connectivity index is 3.01. The molecule has 0 N–H and O–H groups in total. The van der Waals surface area contributed by atoms with E-state index in [0.717, 1.165) is 12.8 Å². The average Bonchev–Trinajstić information content (AvgIpc) is 2.47.